The smallest absolute Gasteiger partial charge is 0.297 e. The zero-order chi connectivity index (χ0) is 22.5. The maximum Gasteiger partial charge on any atom is 0.297 e. The van der Waals surface area contributed by atoms with Crippen molar-refractivity contribution in [1.29, 1.82) is 0 Å². The minimum absolute atomic E-state index is 0.156. The second-order valence-corrected chi connectivity index (χ2v) is 6.93. The number of aromatic nitrogens is 1. The molecule has 1 aromatic heterocycles. The minimum Gasteiger partial charge on any atom is -0.326 e. The van der Waals surface area contributed by atoms with Crippen LogP contribution in [-0.4, -0.2) is 33.6 Å². The van der Waals surface area contributed by atoms with Crippen LogP contribution in [0.5, 0.6) is 0 Å². The van der Waals surface area contributed by atoms with Crippen LogP contribution in [0.15, 0.2) is 89.7 Å². The summed E-state index contributed by atoms with van der Waals surface area (Å²) in [6.45, 7) is 1.40. The molecule has 0 atom stereocenters. The summed E-state index contributed by atoms with van der Waals surface area (Å²) in [5.41, 5.74) is 4.93. The van der Waals surface area contributed by atoms with Gasteiger partial charge in [0, 0.05) is 29.9 Å². The van der Waals surface area contributed by atoms with Gasteiger partial charge in [-0.2, -0.15) is 5.01 Å². The molecule has 2 aromatic carbocycles. The Kier molecular flexibility index (Phi) is 5.85. The highest BCUT2D eigenvalue weighted by molar-refractivity contribution is 6.20. The normalized spacial score (nSPS) is 14.3. The molecule has 4 rings (SSSR count). The van der Waals surface area contributed by atoms with Crippen molar-refractivity contribution in [3.05, 3.63) is 102 Å². The molecular formula is C24H19N5O3. The molecule has 1 aliphatic heterocycles. The summed E-state index contributed by atoms with van der Waals surface area (Å²) in [7, 11) is 0. The van der Waals surface area contributed by atoms with Gasteiger partial charge in [-0.15, -0.1) is 0 Å². The lowest BCUT2D eigenvalue weighted by atomic mass is 10.2. The number of carbonyl (C=O) groups is 3. The number of benzene rings is 2. The molecule has 3 aromatic rings. The molecule has 1 aliphatic rings. The molecule has 3 amide bonds. The van der Waals surface area contributed by atoms with Crippen LogP contribution in [0.4, 0.5) is 5.69 Å². The summed E-state index contributed by atoms with van der Waals surface area (Å²) in [6.07, 6.45) is 3.19. The third kappa shape index (κ3) is 4.59. The van der Waals surface area contributed by atoms with Crippen molar-refractivity contribution in [2.75, 3.05) is 5.32 Å². The Morgan fingerprint density at radius 3 is 2.31 bits per heavy atom. The van der Waals surface area contributed by atoms with E-state index in [1.807, 2.05) is 24.3 Å². The standard InChI is InChI=1S/C24H19N5O3/c1-16(30)26-19-12-10-18(11-13-19)23(31)28-29-22(17-7-3-2-4-8-17)27-21(24(29)32)15-20-9-5-6-14-25-20/h2-15H,1H3,(H,26,30)(H,28,31). The van der Waals surface area contributed by atoms with Gasteiger partial charge in [-0.3, -0.25) is 24.8 Å². The first-order valence-electron chi connectivity index (χ1n) is 9.81. The van der Waals surface area contributed by atoms with Gasteiger partial charge < -0.3 is 5.32 Å². The van der Waals surface area contributed by atoms with E-state index in [1.54, 1.807) is 60.8 Å². The predicted molar refractivity (Wildman–Crippen MR) is 120 cm³/mol. The molecule has 8 heteroatoms. The molecule has 158 valence electrons. The van der Waals surface area contributed by atoms with Crippen LogP contribution in [0.2, 0.25) is 0 Å². The Hall–Kier alpha value is -4.59. The highest BCUT2D eigenvalue weighted by Crippen LogP contribution is 2.21. The number of hydrogen-bond acceptors (Lipinski definition) is 5. The van der Waals surface area contributed by atoms with Gasteiger partial charge in [0.05, 0.1) is 5.69 Å². The van der Waals surface area contributed by atoms with E-state index < -0.39 is 11.8 Å². The number of nitrogens with zero attached hydrogens (tertiary/aromatic N) is 3. The van der Waals surface area contributed by atoms with Crippen LogP contribution in [0.25, 0.3) is 6.08 Å². The second kappa shape index (κ2) is 9.05. The Bertz CT molecular complexity index is 1220. The molecule has 2 heterocycles. The summed E-state index contributed by atoms with van der Waals surface area (Å²) in [6, 6.07) is 20.8. The summed E-state index contributed by atoms with van der Waals surface area (Å²) < 4.78 is 0. The van der Waals surface area contributed by atoms with Crippen molar-refractivity contribution in [3.63, 3.8) is 0 Å². The van der Waals surface area contributed by atoms with Crippen molar-refractivity contribution in [1.82, 2.24) is 15.4 Å². The number of aliphatic imine (C=N–C) groups is 1. The van der Waals surface area contributed by atoms with Gasteiger partial charge >= 0.3 is 0 Å². The number of carbonyl (C=O) groups excluding carboxylic acids is 3. The van der Waals surface area contributed by atoms with Crippen LogP contribution in [0.1, 0.15) is 28.5 Å². The number of hydrogen-bond donors (Lipinski definition) is 2. The molecule has 0 aliphatic carbocycles. The Labute approximate surface area is 184 Å². The van der Waals surface area contributed by atoms with E-state index >= 15 is 0 Å². The number of amides is 3. The lowest BCUT2D eigenvalue weighted by molar-refractivity contribution is -0.124. The first-order valence-corrected chi connectivity index (χ1v) is 9.81. The fraction of sp³-hybridized carbons (Fsp3) is 0.0417. The van der Waals surface area contributed by atoms with Crippen molar-refractivity contribution < 1.29 is 14.4 Å². The second-order valence-electron chi connectivity index (χ2n) is 6.93. The lowest BCUT2D eigenvalue weighted by Gasteiger charge is -2.19. The van der Waals surface area contributed by atoms with Crippen LogP contribution in [0.3, 0.4) is 0 Å². The Morgan fingerprint density at radius 2 is 1.66 bits per heavy atom. The number of rotatable bonds is 5. The SMILES string of the molecule is CC(=O)Nc1ccc(C(=O)NN2C(=O)C(=Cc3ccccn3)N=C2c2ccccc2)cc1. The molecule has 8 nitrogen and oxygen atoms in total. The summed E-state index contributed by atoms with van der Waals surface area (Å²) in [4.78, 5) is 45.8. The summed E-state index contributed by atoms with van der Waals surface area (Å²) >= 11 is 0. The number of amidine groups is 1. The van der Waals surface area contributed by atoms with Crippen LogP contribution < -0.4 is 10.7 Å². The van der Waals surface area contributed by atoms with Crippen molar-refractivity contribution in [2.24, 2.45) is 4.99 Å². The first kappa shape index (κ1) is 20.7. The van der Waals surface area contributed by atoms with Gasteiger partial charge in [-0.25, -0.2) is 4.99 Å². The monoisotopic (exact) mass is 425 g/mol. The molecule has 0 bridgehead atoms. The average Bonchev–Trinajstić information content (AvgIpc) is 3.10. The molecule has 0 saturated carbocycles. The van der Waals surface area contributed by atoms with Crippen LogP contribution in [-0.2, 0) is 9.59 Å². The number of pyridine rings is 1. The summed E-state index contributed by atoms with van der Waals surface area (Å²) in [5, 5.41) is 3.77. The molecule has 0 radical (unpaired) electrons. The summed E-state index contributed by atoms with van der Waals surface area (Å²) in [5.74, 6) is -0.866. The first-order chi connectivity index (χ1) is 15.5. The largest absolute Gasteiger partial charge is 0.326 e. The van der Waals surface area contributed by atoms with Crippen molar-refractivity contribution in [3.8, 4) is 0 Å². The molecule has 32 heavy (non-hydrogen) atoms. The zero-order valence-corrected chi connectivity index (χ0v) is 17.1. The molecule has 0 spiro atoms. The van der Waals surface area contributed by atoms with E-state index in [9.17, 15) is 14.4 Å². The van der Waals surface area contributed by atoms with Crippen molar-refractivity contribution in [2.45, 2.75) is 6.92 Å². The van der Waals surface area contributed by atoms with E-state index in [1.165, 1.54) is 6.92 Å². The highest BCUT2D eigenvalue weighted by atomic mass is 16.2. The van der Waals surface area contributed by atoms with Crippen molar-refractivity contribution >= 4 is 35.3 Å². The third-order valence-electron chi connectivity index (χ3n) is 4.55. The maximum atomic E-state index is 13.1. The van der Waals surface area contributed by atoms with E-state index in [2.05, 4.69) is 20.7 Å². The van der Waals surface area contributed by atoms with Gasteiger partial charge in [0.1, 0.15) is 5.70 Å². The van der Waals surface area contributed by atoms with Crippen LogP contribution in [0, 0.1) is 0 Å². The van der Waals surface area contributed by atoms with E-state index in [0.29, 0.717) is 28.3 Å². The number of nitrogens with one attached hydrogen (secondary N) is 2. The Morgan fingerprint density at radius 1 is 0.938 bits per heavy atom. The van der Waals surface area contributed by atoms with Gasteiger partial charge in [-0.05, 0) is 42.5 Å². The van der Waals surface area contributed by atoms with Gasteiger partial charge in [0.2, 0.25) is 5.91 Å². The lowest BCUT2D eigenvalue weighted by Crippen LogP contribution is -2.47. The highest BCUT2D eigenvalue weighted by Gasteiger charge is 2.33. The van der Waals surface area contributed by atoms with Gasteiger partial charge in [-0.1, -0.05) is 36.4 Å². The fourth-order valence-corrected chi connectivity index (χ4v) is 3.08. The van der Waals surface area contributed by atoms with Crippen LogP contribution >= 0.6 is 0 Å². The molecular weight excluding hydrogens is 406 g/mol. The van der Waals surface area contributed by atoms with E-state index in [-0.39, 0.29) is 11.6 Å². The van der Waals surface area contributed by atoms with E-state index in [0.717, 1.165) is 5.01 Å². The van der Waals surface area contributed by atoms with Gasteiger partial charge in [0.25, 0.3) is 11.8 Å². The topological polar surface area (TPSA) is 104 Å². The fourth-order valence-electron chi connectivity index (χ4n) is 3.08. The van der Waals surface area contributed by atoms with E-state index in [4.69, 9.17) is 0 Å². The van der Waals surface area contributed by atoms with Gasteiger partial charge in [0.15, 0.2) is 5.84 Å². The Balaban J connectivity index is 1.62. The molecule has 2 N–H and O–H groups in total. The maximum absolute atomic E-state index is 13.1. The number of anilines is 1. The quantitative estimate of drug-likeness (QED) is 0.613. The zero-order valence-electron chi connectivity index (χ0n) is 17.1. The number of hydrazine groups is 1. The molecule has 0 unspecified atom stereocenters. The molecule has 0 saturated heterocycles. The minimum atomic E-state index is -0.490. The third-order valence-corrected chi connectivity index (χ3v) is 4.55. The predicted octanol–water partition coefficient (Wildman–Crippen LogP) is 3.01. The molecule has 0 fully saturated rings. The average molecular weight is 425 g/mol.